The van der Waals surface area contributed by atoms with Crippen molar-refractivity contribution in [3.05, 3.63) is 89.0 Å². The minimum absolute atomic E-state index is 0.0718. The fraction of sp³-hybridized carbons (Fsp3) is 0.357. The molecule has 0 amide bonds. The predicted molar refractivity (Wildman–Crippen MR) is 122 cm³/mol. The van der Waals surface area contributed by atoms with Gasteiger partial charge < -0.3 is 4.74 Å². The van der Waals surface area contributed by atoms with Gasteiger partial charge in [0.15, 0.2) is 17.5 Å². The Labute approximate surface area is 200 Å². The van der Waals surface area contributed by atoms with Gasteiger partial charge in [0.2, 0.25) is 0 Å². The van der Waals surface area contributed by atoms with E-state index in [-0.39, 0.29) is 16.9 Å². The number of halogens is 6. The molecule has 0 aliphatic heterocycles. The third-order valence-electron chi connectivity index (χ3n) is 6.75. The second kappa shape index (κ2) is 10.3. The van der Waals surface area contributed by atoms with Crippen molar-refractivity contribution in [2.45, 2.75) is 51.6 Å². The first-order chi connectivity index (χ1) is 16.6. The van der Waals surface area contributed by atoms with Gasteiger partial charge in [-0.25, -0.2) is 17.6 Å². The molecule has 0 aromatic heterocycles. The van der Waals surface area contributed by atoms with Crippen LogP contribution in [0.4, 0.5) is 26.3 Å². The van der Waals surface area contributed by atoms with Crippen LogP contribution in [0.15, 0.2) is 54.6 Å². The SMILES string of the molecule is CC1CCC(CCc2ccc(OC(F)(F)c3ccc(-c4cc(F)c(F)c(F)c4)c(F)c3)cc2)CC1. The molecule has 0 unspecified atom stereocenters. The van der Waals surface area contributed by atoms with Crippen LogP contribution in [-0.4, -0.2) is 0 Å². The van der Waals surface area contributed by atoms with Crippen LogP contribution in [0, 0.1) is 35.1 Å². The lowest BCUT2D eigenvalue weighted by Gasteiger charge is -2.26. The van der Waals surface area contributed by atoms with Crippen molar-refractivity contribution in [2.75, 3.05) is 0 Å². The summed E-state index contributed by atoms with van der Waals surface area (Å²) < 4.78 is 88.9. The summed E-state index contributed by atoms with van der Waals surface area (Å²) in [6, 6.07) is 10.00. The van der Waals surface area contributed by atoms with E-state index in [0.717, 1.165) is 36.5 Å². The molecule has 3 aromatic carbocycles. The molecule has 3 aromatic rings. The van der Waals surface area contributed by atoms with E-state index in [2.05, 4.69) is 6.92 Å². The summed E-state index contributed by atoms with van der Waals surface area (Å²) in [4.78, 5) is 0. The number of hydrogen-bond donors (Lipinski definition) is 0. The molecule has 1 nitrogen and oxygen atoms in total. The average Bonchev–Trinajstić information content (AvgIpc) is 2.82. The van der Waals surface area contributed by atoms with Crippen molar-refractivity contribution in [1.82, 2.24) is 0 Å². The molecule has 0 N–H and O–H groups in total. The predicted octanol–water partition coefficient (Wildman–Crippen LogP) is 8.80. The van der Waals surface area contributed by atoms with Crippen LogP contribution < -0.4 is 4.74 Å². The molecule has 0 bridgehead atoms. The Morgan fingerprint density at radius 1 is 0.800 bits per heavy atom. The van der Waals surface area contributed by atoms with Gasteiger partial charge in [-0.2, -0.15) is 8.78 Å². The molecule has 0 saturated heterocycles. The van der Waals surface area contributed by atoms with Crippen LogP contribution in [0.2, 0.25) is 0 Å². The summed E-state index contributed by atoms with van der Waals surface area (Å²) in [6.07, 6.45) is 3.06. The molecule has 1 fully saturated rings. The Kier molecular flexibility index (Phi) is 7.43. The third kappa shape index (κ3) is 6.00. The van der Waals surface area contributed by atoms with Crippen molar-refractivity contribution < 1.29 is 31.1 Å². The number of ether oxygens (including phenoxy) is 1. The quantitative estimate of drug-likeness (QED) is 0.237. The van der Waals surface area contributed by atoms with Crippen LogP contribution in [0.5, 0.6) is 5.75 Å². The summed E-state index contributed by atoms with van der Waals surface area (Å²) >= 11 is 0. The molecular weight excluding hydrogens is 466 g/mol. The zero-order chi connectivity index (χ0) is 25.2. The fourth-order valence-corrected chi connectivity index (χ4v) is 4.56. The van der Waals surface area contributed by atoms with Crippen LogP contribution in [0.3, 0.4) is 0 Å². The molecule has 0 atom stereocenters. The van der Waals surface area contributed by atoms with Crippen molar-refractivity contribution in [3.63, 3.8) is 0 Å². The fourth-order valence-electron chi connectivity index (χ4n) is 4.56. The van der Waals surface area contributed by atoms with Gasteiger partial charge in [-0.1, -0.05) is 50.8 Å². The maximum atomic E-state index is 14.7. The summed E-state index contributed by atoms with van der Waals surface area (Å²) in [6.45, 7) is 2.28. The van der Waals surface area contributed by atoms with Gasteiger partial charge in [-0.3, -0.25) is 0 Å². The van der Waals surface area contributed by atoms with Gasteiger partial charge in [0.05, 0.1) is 5.56 Å². The second-order valence-electron chi connectivity index (χ2n) is 9.38. The Hall–Kier alpha value is -2.96. The first-order valence-electron chi connectivity index (χ1n) is 11.7. The maximum absolute atomic E-state index is 14.7. The number of aryl methyl sites for hydroxylation is 1. The molecule has 0 spiro atoms. The lowest BCUT2D eigenvalue weighted by molar-refractivity contribution is -0.185. The molecule has 1 saturated carbocycles. The van der Waals surface area contributed by atoms with E-state index in [1.807, 2.05) is 0 Å². The minimum Gasteiger partial charge on any atom is -0.429 e. The van der Waals surface area contributed by atoms with Crippen molar-refractivity contribution in [2.24, 2.45) is 11.8 Å². The minimum atomic E-state index is -3.85. The maximum Gasteiger partial charge on any atom is 0.426 e. The van der Waals surface area contributed by atoms with E-state index in [1.165, 1.54) is 37.8 Å². The Morgan fingerprint density at radius 3 is 2.03 bits per heavy atom. The molecule has 35 heavy (non-hydrogen) atoms. The van der Waals surface area contributed by atoms with Crippen molar-refractivity contribution in [1.29, 1.82) is 0 Å². The summed E-state index contributed by atoms with van der Waals surface area (Å²) in [5.41, 5.74) is -0.391. The van der Waals surface area contributed by atoms with E-state index in [0.29, 0.717) is 24.1 Å². The van der Waals surface area contributed by atoms with Gasteiger partial charge in [0.1, 0.15) is 11.6 Å². The smallest absolute Gasteiger partial charge is 0.426 e. The monoisotopic (exact) mass is 492 g/mol. The first-order valence-corrected chi connectivity index (χ1v) is 11.7. The third-order valence-corrected chi connectivity index (χ3v) is 6.75. The molecule has 186 valence electrons. The number of alkyl halides is 2. The van der Waals surface area contributed by atoms with Gasteiger partial charge >= 0.3 is 6.11 Å². The summed E-state index contributed by atoms with van der Waals surface area (Å²) in [7, 11) is 0. The largest absolute Gasteiger partial charge is 0.429 e. The number of benzene rings is 3. The van der Waals surface area contributed by atoms with E-state index in [9.17, 15) is 26.3 Å². The zero-order valence-electron chi connectivity index (χ0n) is 19.3. The highest BCUT2D eigenvalue weighted by atomic mass is 19.3. The highest BCUT2D eigenvalue weighted by Gasteiger charge is 2.35. The standard InChI is InChI=1S/C28H26F6O/c1-17-2-4-18(5-3-17)6-7-19-8-11-22(12-9-19)35-28(33,34)21-10-13-23(24(29)16-21)20-14-25(30)27(32)26(31)15-20/h8-18H,2-7H2,1H3. The highest BCUT2D eigenvalue weighted by Crippen LogP contribution is 2.35. The van der Waals surface area contributed by atoms with E-state index in [4.69, 9.17) is 4.74 Å². The van der Waals surface area contributed by atoms with Crippen molar-refractivity contribution >= 4 is 0 Å². The van der Waals surface area contributed by atoms with Gasteiger partial charge in [0, 0.05) is 5.56 Å². The normalized spacial score (nSPS) is 18.5. The number of rotatable bonds is 7. The average molecular weight is 493 g/mol. The van der Waals surface area contributed by atoms with Crippen LogP contribution in [-0.2, 0) is 12.5 Å². The first kappa shape index (κ1) is 25.1. The van der Waals surface area contributed by atoms with E-state index >= 15 is 0 Å². The molecule has 0 radical (unpaired) electrons. The van der Waals surface area contributed by atoms with Crippen LogP contribution >= 0.6 is 0 Å². The zero-order valence-corrected chi connectivity index (χ0v) is 19.3. The number of hydrogen-bond acceptors (Lipinski definition) is 1. The molecule has 0 heterocycles. The molecule has 1 aliphatic rings. The Morgan fingerprint density at radius 2 is 1.43 bits per heavy atom. The lowest BCUT2D eigenvalue weighted by atomic mass is 9.80. The highest BCUT2D eigenvalue weighted by molar-refractivity contribution is 5.65. The second-order valence-corrected chi connectivity index (χ2v) is 9.38. The van der Waals surface area contributed by atoms with Crippen LogP contribution in [0.1, 0.15) is 50.2 Å². The van der Waals surface area contributed by atoms with E-state index in [1.54, 1.807) is 12.1 Å². The van der Waals surface area contributed by atoms with Gasteiger partial charge in [-0.15, -0.1) is 0 Å². The van der Waals surface area contributed by atoms with Crippen molar-refractivity contribution in [3.8, 4) is 16.9 Å². The molecule has 1 aliphatic carbocycles. The molecule has 7 heteroatoms. The summed E-state index contributed by atoms with van der Waals surface area (Å²) in [5, 5.41) is 0. The molecule has 4 rings (SSSR count). The summed E-state index contributed by atoms with van der Waals surface area (Å²) in [5.74, 6) is -4.43. The molecular formula is C28H26F6O. The van der Waals surface area contributed by atoms with Crippen LogP contribution in [0.25, 0.3) is 11.1 Å². The van der Waals surface area contributed by atoms with Gasteiger partial charge in [0.25, 0.3) is 0 Å². The van der Waals surface area contributed by atoms with E-state index < -0.39 is 34.9 Å². The Bertz CT molecular complexity index is 1140. The van der Waals surface area contributed by atoms with Gasteiger partial charge in [-0.05, 0) is 72.2 Å². The lowest BCUT2D eigenvalue weighted by Crippen LogP contribution is -2.22. The Balaban J connectivity index is 1.42. The topological polar surface area (TPSA) is 9.23 Å².